The number of rotatable bonds is 5. The molecule has 1 saturated heterocycles. The molecule has 0 aliphatic carbocycles. The second-order valence-corrected chi connectivity index (χ2v) is 8.86. The summed E-state index contributed by atoms with van der Waals surface area (Å²) < 4.78 is 23.9. The molecular formula is C22H23Cl2FN4O4S. The Morgan fingerprint density at radius 2 is 2.06 bits per heavy atom. The number of nitrogens with one attached hydrogen (secondary N) is 2. The Morgan fingerprint density at radius 3 is 2.71 bits per heavy atom. The summed E-state index contributed by atoms with van der Waals surface area (Å²) in [5.74, 6) is -1.99. The number of hydrogen-bond donors (Lipinski definition) is 2. The number of methoxy groups -OCH3 is 2. The van der Waals surface area contributed by atoms with Crippen molar-refractivity contribution in [1.82, 2.24) is 15.6 Å². The Kier molecular flexibility index (Phi) is 8.64. The summed E-state index contributed by atoms with van der Waals surface area (Å²) in [7, 11) is 2.61. The van der Waals surface area contributed by atoms with Gasteiger partial charge in [-0.2, -0.15) is 0 Å². The number of aromatic nitrogens is 1. The van der Waals surface area contributed by atoms with Gasteiger partial charge in [-0.05, 0) is 25.1 Å². The molecule has 2 N–H and O–H groups in total. The van der Waals surface area contributed by atoms with Gasteiger partial charge in [-0.1, -0.05) is 17.7 Å². The molecule has 1 aromatic carbocycles. The molecule has 2 aromatic rings. The Morgan fingerprint density at radius 1 is 1.26 bits per heavy atom. The molecule has 1 unspecified atom stereocenters. The van der Waals surface area contributed by atoms with Gasteiger partial charge in [0, 0.05) is 40.3 Å². The molecule has 0 bridgehead atoms. The largest absolute Gasteiger partial charge is 0.469 e. The van der Waals surface area contributed by atoms with Crippen LogP contribution in [0.5, 0.6) is 0 Å². The summed E-state index contributed by atoms with van der Waals surface area (Å²) in [6.45, 7) is 1.03. The first-order chi connectivity index (χ1) is 15.9. The average molecular weight is 529 g/mol. The zero-order valence-corrected chi connectivity index (χ0v) is 20.7. The van der Waals surface area contributed by atoms with Crippen LogP contribution in [0.15, 0.2) is 46.0 Å². The van der Waals surface area contributed by atoms with Crippen LogP contribution < -0.4 is 10.6 Å². The second kappa shape index (κ2) is 11.3. The van der Waals surface area contributed by atoms with E-state index >= 15 is 0 Å². The van der Waals surface area contributed by atoms with E-state index in [4.69, 9.17) is 26.1 Å². The lowest BCUT2D eigenvalue weighted by Crippen LogP contribution is -2.47. The number of thiazole rings is 1. The standard InChI is InChI=1S/C22H22ClFN4O4S.ClH/c1-31-21(29)14-10-25-6-5-12(14)17-16(22(30)32-2)18(13-4-3-11(24)9-15(13)23)28-19(27-17)20-26-7-8-33-20;/h3-4,7-9,12,14,18,25H,5-6,10H2,1-2H3,(H,27,28);1H/t12-,14+,18?;/m1./s1. The minimum atomic E-state index is -0.881. The highest BCUT2D eigenvalue weighted by Crippen LogP contribution is 2.40. The van der Waals surface area contributed by atoms with Gasteiger partial charge in [-0.15, -0.1) is 23.7 Å². The highest BCUT2D eigenvalue weighted by molar-refractivity contribution is 7.11. The van der Waals surface area contributed by atoms with Crippen molar-refractivity contribution >= 4 is 53.1 Å². The van der Waals surface area contributed by atoms with Crippen LogP contribution in [0.3, 0.4) is 0 Å². The maximum Gasteiger partial charge on any atom is 0.338 e. The first-order valence-electron chi connectivity index (χ1n) is 10.2. The number of nitrogens with zero attached hydrogens (tertiary/aromatic N) is 2. The highest BCUT2D eigenvalue weighted by atomic mass is 35.5. The molecule has 12 heteroatoms. The van der Waals surface area contributed by atoms with Crippen molar-refractivity contribution in [3.05, 3.63) is 62.5 Å². The molecule has 0 radical (unpaired) electrons. The molecule has 2 aliphatic heterocycles. The summed E-state index contributed by atoms with van der Waals surface area (Å²) in [6, 6.07) is 3.05. The number of allylic oxidation sites excluding steroid dienone is 1. The van der Waals surface area contributed by atoms with Crippen LogP contribution >= 0.6 is 35.3 Å². The number of carbonyl (C=O) groups is 2. The minimum absolute atomic E-state index is 0. The Labute approximate surface area is 211 Å². The number of esters is 2. The number of ether oxygens (including phenoxy) is 2. The average Bonchev–Trinajstić information content (AvgIpc) is 3.37. The smallest absolute Gasteiger partial charge is 0.338 e. The minimum Gasteiger partial charge on any atom is -0.469 e. The molecule has 3 heterocycles. The van der Waals surface area contributed by atoms with Crippen LogP contribution in [-0.2, 0) is 19.1 Å². The fraction of sp³-hybridized carbons (Fsp3) is 0.364. The molecule has 1 fully saturated rings. The van der Waals surface area contributed by atoms with Crippen molar-refractivity contribution in [2.24, 2.45) is 16.8 Å². The SMILES string of the molecule is COC(=O)C1=C([C@@H]2CCNC[C@@H]2C(=O)OC)NC(c2nccs2)=NC1c1ccc(F)cc1Cl.Cl. The van der Waals surface area contributed by atoms with Crippen LogP contribution in [0.25, 0.3) is 0 Å². The number of benzene rings is 1. The molecule has 2 aliphatic rings. The van der Waals surface area contributed by atoms with Gasteiger partial charge in [-0.3, -0.25) is 9.79 Å². The van der Waals surface area contributed by atoms with Crippen molar-refractivity contribution in [1.29, 1.82) is 0 Å². The van der Waals surface area contributed by atoms with Crippen molar-refractivity contribution < 1.29 is 23.5 Å². The number of halogens is 3. The van der Waals surface area contributed by atoms with Crippen molar-refractivity contribution in [3.8, 4) is 0 Å². The lowest BCUT2D eigenvalue weighted by molar-refractivity contribution is -0.147. The normalized spacial score (nSPS) is 22.2. The summed E-state index contributed by atoms with van der Waals surface area (Å²) in [6.07, 6.45) is 2.21. The van der Waals surface area contributed by atoms with Crippen molar-refractivity contribution in [3.63, 3.8) is 0 Å². The number of piperidine rings is 1. The van der Waals surface area contributed by atoms with E-state index in [1.807, 2.05) is 0 Å². The molecule has 0 amide bonds. The summed E-state index contributed by atoms with van der Waals surface area (Å²) in [5.41, 5.74) is 1.16. The topological polar surface area (TPSA) is 102 Å². The summed E-state index contributed by atoms with van der Waals surface area (Å²) >= 11 is 7.75. The molecule has 34 heavy (non-hydrogen) atoms. The fourth-order valence-electron chi connectivity index (χ4n) is 4.19. The van der Waals surface area contributed by atoms with Crippen molar-refractivity contribution in [2.75, 3.05) is 27.3 Å². The maximum absolute atomic E-state index is 13.8. The summed E-state index contributed by atoms with van der Waals surface area (Å²) in [5, 5.41) is 8.99. The summed E-state index contributed by atoms with van der Waals surface area (Å²) in [4.78, 5) is 34.7. The molecular weight excluding hydrogens is 506 g/mol. The molecule has 0 saturated carbocycles. The van der Waals surface area contributed by atoms with Crippen molar-refractivity contribution in [2.45, 2.75) is 12.5 Å². The fourth-order valence-corrected chi connectivity index (χ4v) is 5.05. The third-order valence-corrected chi connectivity index (χ3v) is 6.84. The molecule has 3 atom stereocenters. The van der Waals surface area contributed by atoms with Gasteiger partial charge in [0.2, 0.25) is 0 Å². The highest BCUT2D eigenvalue weighted by Gasteiger charge is 2.42. The lowest BCUT2D eigenvalue weighted by atomic mass is 9.79. The van der Waals surface area contributed by atoms with E-state index in [1.165, 1.54) is 43.8 Å². The van der Waals surface area contributed by atoms with Crippen LogP contribution in [0, 0.1) is 17.7 Å². The van der Waals surface area contributed by atoms with E-state index in [0.717, 1.165) is 0 Å². The Balaban J connectivity index is 0.00000324. The molecule has 4 rings (SSSR count). The van der Waals surface area contributed by atoms with E-state index in [2.05, 4.69) is 15.6 Å². The zero-order chi connectivity index (χ0) is 23.5. The van der Waals surface area contributed by atoms with Gasteiger partial charge in [0.05, 0.1) is 25.7 Å². The van der Waals surface area contributed by atoms with Gasteiger partial charge in [0.1, 0.15) is 11.9 Å². The lowest BCUT2D eigenvalue weighted by Gasteiger charge is -2.36. The quantitative estimate of drug-likeness (QED) is 0.574. The number of hydrogen-bond acceptors (Lipinski definition) is 9. The van der Waals surface area contributed by atoms with E-state index in [9.17, 15) is 14.0 Å². The first kappa shape index (κ1) is 26.1. The van der Waals surface area contributed by atoms with E-state index in [1.54, 1.807) is 11.6 Å². The van der Waals surface area contributed by atoms with Gasteiger partial charge < -0.3 is 20.1 Å². The number of aliphatic imine (C=N–C) groups is 1. The number of amidine groups is 1. The van der Waals surface area contributed by atoms with Gasteiger partial charge in [0.25, 0.3) is 0 Å². The molecule has 0 spiro atoms. The second-order valence-electron chi connectivity index (χ2n) is 7.56. The van der Waals surface area contributed by atoms with Crippen LogP contribution in [0.2, 0.25) is 5.02 Å². The number of carbonyl (C=O) groups excluding carboxylic acids is 2. The van der Waals surface area contributed by atoms with Gasteiger partial charge in [-0.25, -0.2) is 14.2 Å². The Hall–Kier alpha value is -2.53. The van der Waals surface area contributed by atoms with Gasteiger partial charge >= 0.3 is 11.9 Å². The monoisotopic (exact) mass is 528 g/mol. The zero-order valence-electron chi connectivity index (χ0n) is 18.3. The van der Waals surface area contributed by atoms with Crippen LogP contribution in [0.4, 0.5) is 4.39 Å². The predicted molar refractivity (Wildman–Crippen MR) is 129 cm³/mol. The molecule has 8 nitrogen and oxygen atoms in total. The van der Waals surface area contributed by atoms with Gasteiger partial charge in [0.15, 0.2) is 10.8 Å². The van der Waals surface area contributed by atoms with E-state index in [0.29, 0.717) is 41.6 Å². The first-order valence-corrected chi connectivity index (χ1v) is 11.5. The maximum atomic E-state index is 13.8. The third-order valence-electron chi connectivity index (χ3n) is 5.73. The third kappa shape index (κ3) is 5.10. The molecule has 182 valence electrons. The van der Waals surface area contributed by atoms with Crippen LogP contribution in [0.1, 0.15) is 23.0 Å². The van der Waals surface area contributed by atoms with E-state index in [-0.39, 0.29) is 34.9 Å². The van der Waals surface area contributed by atoms with Crippen LogP contribution in [-0.4, -0.2) is 50.1 Å². The predicted octanol–water partition coefficient (Wildman–Crippen LogP) is 3.27. The Bertz CT molecular complexity index is 1130. The molecule has 1 aromatic heterocycles. The van der Waals surface area contributed by atoms with E-state index < -0.39 is 23.7 Å².